The maximum Gasteiger partial charge on any atom is 0.306 e. The second-order valence-electron chi connectivity index (χ2n) is 31.9. The Balaban J connectivity index is 4.72. The molecule has 0 aliphatic rings. The molecule has 14 heteroatoms. The highest BCUT2D eigenvalue weighted by atomic mass is 16.6. The third kappa shape index (κ3) is 85.7. The van der Waals surface area contributed by atoms with E-state index in [-0.39, 0.29) is 87.9 Å². The number of carbonyl (C=O) groups is 7. The lowest BCUT2D eigenvalue weighted by molar-refractivity contribution is -0.167. The summed E-state index contributed by atoms with van der Waals surface area (Å²) in [5.74, 6) is -2.73. The molecular weight excluding hydrogens is 1380 g/mol. The lowest BCUT2D eigenvalue weighted by atomic mass is 10.0. The van der Waals surface area contributed by atoms with E-state index in [4.69, 9.17) is 33.5 Å². The molecule has 0 saturated carbocycles. The van der Waals surface area contributed by atoms with E-state index in [9.17, 15) is 33.6 Å². The van der Waals surface area contributed by atoms with Gasteiger partial charge in [0.25, 0.3) is 0 Å². The third-order valence-corrected chi connectivity index (χ3v) is 20.9. The summed E-state index contributed by atoms with van der Waals surface area (Å²) < 4.78 is 34.0. The Kier molecular flexibility index (Phi) is 84.4. The van der Waals surface area contributed by atoms with Crippen molar-refractivity contribution < 1.29 is 67.1 Å². The van der Waals surface area contributed by atoms with Crippen molar-refractivity contribution in [2.45, 2.75) is 495 Å². The number of hydrogen-bond acceptors (Lipinski definition) is 13. The van der Waals surface area contributed by atoms with Crippen molar-refractivity contribution >= 4 is 41.8 Å². The van der Waals surface area contributed by atoms with Gasteiger partial charge in [-0.1, -0.05) is 339 Å². The molecule has 0 fully saturated rings. The van der Waals surface area contributed by atoms with Crippen LogP contribution in [-0.2, 0) is 62.0 Å². The molecule has 0 bridgehead atoms. The zero-order valence-corrected chi connectivity index (χ0v) is 71.8. The van der Waals surface area contributed by atoms with E-state index in [1.54, 1.807) is 0 Å². The van der Waals surface area contributed by atoms with Crippen molar-refractivity contribution in [1.29, 1.82) is 0 Å². The second kappa shape index (κ2) is 88.2. The first-order chi connectivity index (χ1) is 54.0. The molecule has 0 amide bonds. The van der Waals surface area contributed by atoms with E-state index >= 15 is 0 Å². The Morgan fingerprint density at radius 3 is 0.518 bits per heavy atom. The molecule has 0 heterocycles. The molecule has 1 N–H and O–H groups in total. The monoisotopic (exact) mass is 1550 g/mol. The fourth-order valence-electron chi connectivity index (χ4n) is 13.8. The number of hydrogen-bond donors (Lipinski definition) is 1. The largest absolute Gasteiger partial charge is 0.481 e. The lowest BCUT2D eigenvalue weighted by Gasteiger charge is -2.18. The first kappa shape index (κ1) is 105. The Labute approximate surface area is 675 Å². The third-order valence-electron chi connectivity index (χ3n) is 20.9. The Morgan fingerprint density at radius 1 is 0.200 bits per heavy atom. The van der Waals surface area contributed by atoms with Gasteiger partial charge in [-0.05, 0) is 148 Å². The number of aliphatic carboxylic acids is 1. The fourth-order valence-corrected chi connectivity index (χ4v) is 13.8. The van der Waals surface area contributed by atoms with Gasteiger partial charge in [0.1, 0.15) is 26.4 Å². The van der Waals surface area contributed by atoms with Crippen LogP contribution in [0.1, 0.15) is 483 Å². The normalized spacial score (nSPS) is 12.2. The van der Waals surface area contributed by atoms with E-state index in [0.717, 1.165) is 225 Å². The summed E-state index contributed by atoms with van der Waals surface area (Å²) in [6.45, 7) is 6.27. The Bertz CT molecular complexity index is 2190. The predicted molar refractivity (Wildman–Crippen MR) is 457 cm³/mol. The first-order valence-electron chi connectivity index (χ1n) is 46.8. The molecule has 110 heavy (non-hydrogen) atoms. The van der Waals surface area contributed by atoms with Crippen molar-refractivity contribution in [3.63, 3.8) is 0 Å². The van der Waals surface area contributed by atoms with Crippen LogP contribution in [0.4, 0.5) is 0 Å². The van der Waals surface area contributed by atoms with Gasteiger partial charge in [-0.2, -0.15) is 0 Å². The zero-order valence-electron chi connectivity index (χ0n) is 71.8. The number of esters is 6. The van der Waals surface area contributed by atoms with Crippen molar-refractivity contribution in [2.75, 3.05) is 26.4 Å². The molecule has 0 radical (unpaired) electrons. The van der Waals surface area contributed by atoms with Crippen LogP contribution in [0.25, 0.3) is 0 Å². The molecule has 2 unspecified atom stereocenters. The Hall–Kier alpha value is -4.75. The molecule has 0 spiro atoms. The van der Waals surface area contributed by atoms with E-state index in [0.29, 0.717) is 38.5 Å². The molecular formula is C96H172O14. The van der Waals surface area contributed by atoms with Crippen LogP contribution in [0.3, 0.4) is 0 Å². The fraction of sp³-hybridized carbons (Fsp3) is 0.844. The van der Waals surface area contributed by atoms with Crippen molar-refractivity contribution in [3.8, 4) is 0 Å². The summed E-state index contributed by atoms with van der Waals surface area (Å²) in [5, 5.41) is 8.78. The molecule has 0 saturated heterocycles. The molecule has 0 aromatic rings. The highest BCUT2D eigenvalue weighted by molar-refractivity contribution is 5.72. The summed E-state index contributed by atoms with van der Waals surface area (Å²) in [5.41, 5.74) is 0. The zero-order chi connectivity index (χ0) is 79.8. The summed E-state index contributed by atoms with van der Waals surface area (Å²) >= 11 is 0. The topological polar surface area (TPSA) is 195 Å². The van der Waals surface area contributed by atoms with Gasteiger partial charge in [-0.15, -0.1) is 0 Å². The smallest absolute Gasteiger partial charge is 0.306 e. The number of allylic oxidation sites excluding steroid dienone is 8. The van der Waals surface area contributed by atoms with Crippen molar-refractivity contribution in [3.05, 3.63) is 48.6 Å². The van der Waals surface area contributed by atoms with Gasteiger partial charge >= 0.3 is 41.8 Å². The summed E-state index contributed by atoms with van der Waals surface area (Å²) in [6.07, 6.45) is 92.0. The van der Waals surface area contributed by atoms with Crippen LogP contribution >= 0.6 is 0 Å². The predicted octanol–water partition coefficient (Wildman–Crippen LogP) is 28.4. The van der Waals surface area contributed by atoms with Gasteiger partial charge in [0.2, 0.25) is 0 Å². The summed E-state index contributed by atoms with van der Waals surface area (Å²) in [4.78, 5) is 88.0. The van der Waals surface area contributed by atoms with Crippen LogP contribution in [0.15, 0.2) is 48.6 Å². The number of carbonyl (C=O) groups excluding carboxylic acids is 6. The van der Waals surface area contributed by atoms with Crippen LogP contribution in [0, 0.1) is 0 Å². The quantitative estimate of drug-likeness (QED) is 0.0261. The van der Waals surface area contributed by atoms with Crippen LogP contribution in [0.2, 0.25) is 0 Å². The molecule has 640 valence electrons. The molecule has 0 rings (SSSR count). The number of ether oxygens (including phenoxy) is 6. The van der Waals surface area contributed by atoms with Crippen molar-refractivity contribution in [1.82, 2.24) is 0 Å². The highest BCUT2D eigenvalue weighted by Gasteiger charge is 2.22. The van der Waals surface area contributed by atoms with Gasteiger partial charge < -0.3 is 33.5 Å². The minimum absolute atomic E-state index is 0.116. The van der Waals surface area contributed by atoms with Crippen LogP contribution in [0.5, 0.6) is 0 Å². The average Bonchev–Trinajstić information content (AvgIpc) is 0.949. The van der Waals surface area contributed by atoms with E-state index in [1.165, 1.54) is 173 Å². The van der Waals surface area contributed by atoms with Crippen LogP contribution in [-0.4, -0.2) is 85.5 Å². The summed E-state index contributed by atoms with van der Waals surface area (Å²) in [7, 11) is 0. The molecule has 0 aliphatic heterocycles. The Morgan fingerprint density at radius 2 is 0.345 bits per heavy atom. The number of carboxylic acid groups (broad SMARTS) is 1. The first-order valence-corrected chi connectivity index (χ1v) is 46.8. The highest BCUT2D eigenvalue weighted by Crippen LogP contribution is 2.20. The standard InChI is InChI=1S/C96H172O14/c1-4-7-10-13-16-19-22-25-28-36-43-50-57-64-71-78-91(99)105-84-88(85-106-92(100)79-72-65-58-51-44-37-29-26-23-20-17-14-11-8-5-2)110-96(104)83-76-69-62-55-48-41-34-33-39-46-53-60-67-74-81-94(102)108-87-89(86-107-93(101)80-73-66-59-52-45-38-30-27-24-21-18-15-12-9-6-3)109-95(103)82-75-68-61-54-47-40-32-31-35-42-49-56-63-70-77-90(97)98/h25,27-28,30-34,88-89H,4-24,26,29,35-87H2,1-3H3,(H,97,98)/b28-25?,30-27-,32-31?,34-33?. The second-order valence-corrected chi connectivity index (χ2v) is 31.9. The lowest BCUT2D eigenvalue weighted by Crippen LogP contribution is -2.30. The molecule has 0 aromatic heterocycles. The van der Waals surface area contributed by atoms with Gasteiger partial charge in [-0.25, -0.2) is 0 Å². The minimum Gasteiger partial charge on any atom is -0.481 e. The van der Waals surface area contributed by atoms with Gasteiger partial charge in [0, 0.05) is 44.9 Å². The maximum atomic E-state index is 13.1. The van der Waals surface area contributed by atoms with Gasteiger partial charge in [0.05, 0.1) is 0 Å². The SMILES string of the molecule is CCCCCCCCC=CCCCCCCCC(=O)OCC(COC(=O)CCCCCCCCCCCCCCCCC)OC(=O)CCCCCCCC=CCCCCCCCC(=O)OCC(COC(=O)CCCCCCC/C=C\CCCCCCCC)OC(=O)CCCCCCCC=CCCCCCCCC(=O)O. The maximum absolute atomic E-state index is 13.1. The van der Waals surface area contributed by atoms with Gasteiger partial charge in [0.15, 0.2) is 12.2 Å². The van der Waals surface area contributed by atoms with E-state index < -0.39 is 18.2 Å². The molecule has 0 aromatic carbocycles. The number of carboxylic acids is 1. The summed E-state index contributed by atoms with van der Waals surface area (Å²) in [6, 6.07) is 0. The molecule has 14 nitrogen and oxygen atoms in total. The van der Waals surface area contributed by atoms with Gasteiger partial charge in [-0.3, -0.25) is 33.6 Å². The average molecular weight is 1550 g/mol. The minimum atomic E-state index is -0.849. The van der Waals surface area contributed by atoms with Crippen LogP contribution < -0.4 is 0 Å². The number of rotatable bonds is 88. The number of unbranched alkanes of at least 4 members (excludes halogenated alkanes) is 56. The molecule has 0 aliphatic carbocycles. The van der Waals surface area contributed by atoms with Crippen molar-refractivity contribution in [2.24, 2.45) is 0 Å². The van der Waals surface area contributed by atoms with E-state index in [2.05, 4.69) is 69.4 Å². The molecule has 2 atom stereocenters. The van der Waals surface area contributed by atoms with E-state index in [1.807, 2.05) is 0 Å².